The Morgan fingerprint density at radius 2 is 1.82 bits per heavy atom. The molecule has 0 spiro atoms. The van der Waals surface area contributed by atoms with E-state index in [1.54, 1.807) is 26.0 Å². The molecule has 2 aliphatic rings. The van der Waals surface area contributed by atoms with Crippen molar-refractivity contribution in [1.29, 1.82) is 0 Å². The second-order valence-corrected chi connectivity index (χ2v) is 9.85. The van der Waals surface area contributed by atoms with Crippen LogP contribution >= 0.6 is 0 Å². The van der Waals surface area contributed by atoms with Crippen LogP contribution in [-0.2, 0) is 19.1 Å². The number of amides is 2. The van der Waals surface area contributed by atoms with Gasteiger partial charge in [-0.2, -0.15) is 0 Å². The van der Waals surface area contributed by atoms with Crippen LogP contribution in [0.1, 0.15) is 76.3 Å². The molecular formula is C26H31NO6. The van der Waals surface area contributed by atoms with Gasteiger partial charge in [-0.05, 0) is 52.2 Å². The van der Waals surface area contributed by atoms with E-state index in [-0.39, 0.29) is 11.6 Å². The number of rotatable bonds is 5. The number of ether oxygens (including phenoxy) is 1. The molecular weight excluding hydrogens is 422 g/mol. The zero-order chi connectivity index (χ0) is 23.9. The molecule has 7 nitrogen and oxygen atoms in total. The molecule has 2 amide bonds. The zero-order valence-electron chi connectivity index (χ0n) is 19.7. The van der Waals surface area contributed by atoms with Gasteiger partial charge in [0.1, 0.15) is 11.2 Å². The first-order chi connectivity index (χ1) is 15.6. The fourth-order valence-electron chi connectivity index (χ4n) is 4.82. The molecule has 176 valence electrons. The van der Waals surface area contributed by atoms with Gasteiger partial charge in [0.15, 0.2) is 11.3 Å². The van der Waals surface area contributed by atoms with Crippen molar-refractivity contribution < 1.29 is 23.5 Å². The topological polar surface area (TPSA) is 93.9 Å². The van der Waals surface area contributed by atoms with Gasteiger partial charge in [-0.25, -0.2) is 0 Å². The second kappa shape index (κ2) is 8.76. The molecule has 1 aliphatic heterocycles. The Labute approximate surface area is 193 Å². The smallest absolute Gasteiger partial charge is 0.320 e. The van der Waals surface area contributed by atoms with Crippen LogP contribution in [0.5, 0.6) is 0 Å². The summed E-state index contributed by atoms with van der Waals surface area (Å²) in [5.74, 6) is -4.50. The maximum absolute atomic E-state index is 13.6. The quantitative estimate of drug-likeness (QED) is 0.382. The number of esters is 1. The third-order valence-electron chi connectivity index (χ3n) is 7.05. The molecule has 7 heteroatoms. The number of carbonyl (C=O) groups is 3. The Bertz CT molecular complexity index is 1160. The molecule has 0 radical (unpaired) electrons. The van der Waals surface area contributed by atoms with Crippen molar-refractivity contribution in [2.75, 3.05) is 0 Å². The number of imide groups is 1. The highest BCUT2D eigenvalue weighted by atomic mass is 16.6. The van der Waals surface area contributed by atoms with Gasteiger partial charge in [0.05, 0.1) is 17.6 Å². The Hall–Kier alpha value is -2.96. The molecule has 1 saturated carbocycles. The summed E-state index contributed by atoms with van der Waals surface area (Å²) in [5, 5.41) is 0.324. The van der Waals surface area contributed by atoms with Crippen LogP contribution in [0.4, 0.5) is 0 Å². The summed E-state index contributed by atoms with van der Waals surface area (Å²) in [6.45, 7) is 7.25. The fraction of sp³-hybridized carbons (Fsp3) is 0.538. The van der Waals surface area contributed by atoms with Gasteiger partial charge in [-0.3, -0.25) is 24.1 Å². The minimum absolute atomic E-state index is 0.0287. The summed E-state index contributed by atoms with van der Waals surface area (Å²) in [7, 11) is 0. The van der Waals surface area contributed by atoms with Crippen LogP contribution in [0.25, 0.3) is 11.0 Å². The van der Waals surface area contributed by atoms with E-state index in [0.717, 1.165) is 24.8 Å². The fourth-order valence-corrected chi connectivity index (χ4v) is 4.82. The lowest BCUT2D eigenvalue weighted by Gasteiger charge is -2.30. The summed E-state index contributed by atoms with van der Waals surface area (Å²) < 4.78 is 11.3. The highest BCUT2D eigenvalue weighted by Crippen LogP contribution is 2.39. The molecule has 4 rings (SSSR count). The molecule has 0 bridgehead atoms. The highest BCUT2D eigenvalue weighted by Gasteiger charge is 2.56. The van der Waals surface area contributed by atoms with Crippen molar-refractivity contribution in [1.82, 2.24) is 4.90 Å². The average molecular weight is 454 g/mol. The molecule has 0 N–H and O–H groups in total. The van der Waals surface area contributed by atoms with Crippen molar-refractivity contribution in [2.45, 2.75) is 83.8 Å². The predicted molar refractivity (Wildman–Crippen MR) is 123 cm³/mol. The van der Waals surface area contributed by atoms with Gasteiger partial charge in [0, 0.05) is 11.6 Å². The molecule has 1 saturated heterocycles. The van der Waals surface area contributed by atoms with Crippen molar-refractivity contribution in [2.24, 2.45) is 5.92 Å². The number of likely N-dealkylation sites (tertiary alicyclic amines) is 1. The summed E-state index contributed by atoms with van der Waals surface area (Å²) >= 11 is 0. The number of aryl methyl sites for hydroxylation is 1. The summed E-state index contributed by atoms with van der Waals surface area (Å²) in [6.07, 6.45) is 6.08. The van der Waals surface area contributed by atoms with E-state index in [1.165, 1.54) is 11.2 Å². The van der Waals surface area contributed by atoms with Gasteiger partial charge in [0.2, 0.25) is 11.8 Å². The van der Waals surface area contributed by atoms with Crippen molar-refractivity contribution in [3.05, 3.63) is 45.8 Å². The van der Waals surface area contributed by atoms with Crippen molar-refractivity contribution >= 4 is 28.8 Å². The van der Waals surface area contributed by atoms with Crippen LogP contribution in [0.15, 0.2) is 33.7 Å². The second-order valence-electron chi connectivity index (χ2n) is 9.85. The standard InChI is InChI=1S/C26H31NO6/c1-5-26(3,4)33-25(31)21-20(23(29)27(24(21)30)16-9-7-6-8-10-16)18-14-32-19-12-11-15(2)13-17(19)22(18)28/h11-14,16,20-21H,5-10H2,1-4H3/t20-,21-/m1/s1. The van der Waals surface area contributed by atoms with Crippen LogP contribution in [-0.4, -0.2) is 34.3 Å². The van der Waals surface area contributed by atoms with Crippen LogP contribution in [0, 0.1) is 12.8 Å². The first-order valence-electron chi connectivity index (χ1n) is 11.8. The number of nitrogens with zero attached hydrogens (tertiary/aromatic N) is 1. The van der Waals surface area contributed by atoms with Gasteiger partial charge >= 0.3 is 5.97 Å². The number of carbonyl (C=O) groups excluding carboxylic acids is 3. The molecule has 2 aromatic rings. The Morgan fingerprint density at radius 3 is 2.48 bits per heavy atom. The van der Waals surface area contributed by atoms with E-state index in [1.807, 2.05) is 19.9 Å². The Balaban J connectivity index is 1.82. The van der Waals surface area contributed by atoms with Crippen LogP contribution in [0.3, 0.4) is 0 Å². The largest absolute Gasteiger partial charge is 0.464 e. The van der Waals surface area contributed by atoms with Crippen molar-refractivity contribution in [3.8, 4) is 0 Å². The van der Waals surface area contributed by atoms with E-state index >= 15 is 0 Å². The van der Waals surface area contributed by atoms with Gasteiger partial charge < -0.3 is 9.15 Å². The third kappa shape index (κ3) is 4.21. The summed E-state index contributed by atoms with van der Waals surface area (Å²) in [5.41, 5.74) is 0.0888. The molecule has 1 aliphatic carbocycles. The molecule has 2 atom stereocenters. The van der Waals surface area contributed by atoms with E-state index in [4.69, 9.17) is 9.15 Å². The Morgan fingerprint density at radius 1 is 1.12 bits per heavy atom. The molecule has 2 heterocycles. The number of hydrogen-bond acceptors (Lipinski definition) is 6. The number of fused-ring (bicyclic) bond motifs is 1. The summed E-state index contributed by atoms with van der Waals surface area (Å²) in [6, 6.07) is 4.96. The van der Waals surface area contributed by atoms with Crippen LogP contribution < -0.4 is 5.43 Å². The molecule has 1 aromatic carbocycles. The molecule has 1 aromatic heterocycles. The monoisotopic (exact) mass is 453 g/mol. The van der Waals surface area contributed by atoms with Gasteiger partial charge in [-0.1, -0.05) is 37.8 Å². The molecule has 33 heavy (non-hydrogen) atoms. The number of hydrogen-bond donors (Lipinski definition) is 0. The maximum atomic E-state index is 13.6. The maximum Gasteiger partial charge on any atom is 0.320 e. The Kier molecular flexibility index (Phi) is 6.16. The highest BCUT2D eigenvalue weighted by molar-refractivity contribution is 6.16. The minimum atomic E-state index is -1.39. The first-order valence-corrected chi connectivity index (χ1v) is 11.8. The minimum Gasteiger partial charge on any atom is -0.464 e. The van der Waals surface area contributed by atoms with Gasteiger partial charge in [-0.15, -0.1) is 0 Å². The van der Waals surface area contributed by atoms with Crippen LogP contribution in [0.2, 0.25) is 0 Å². The SMILES string of the molecule is CCC(C)(C)OC(=O)[C@H]1C(=O)N(C2CCCCC2)C(=O)[C@@H]1c1coc2ccc(C)cc2c1=O. The average Bonchev–Trinajstić information content (AvgIpc) is 3.04. The lowest BCUT2D eigenvalue weighted by molar-refractivity contribution is -0.164. The normalized spacial score (nSPS) is 22.2. The number of benzene rings is 1. The van der Waals surface area contributed by atoms with E-state index in [0.29, 0.717) is 30.2 Å². The molecule has 0 unspecified atom stereocenters. The van der Waals surface area contributed by atoms with E-state index < -0.39 is 40.6 Å². The van der Waals surface area contributed by atoms with E-state index in [2.05, 4.69) is 0 Å². The lowest BCUT2D eigenvalue weighted by atomic mass is 9.88. The van der Waals surface area contributed by atoms with Crippen molar-refractivity contribution in [3.63, 3.8) is 0 Å². The summed E-state index contributed by atoms with van der Waals surface area (Å²) in [4.78, 5) is 55.1. The molecule has 2 fully saturated rings. The zero-order valence-corrected chi connectivity index (χ0v) is 19.7. The first kappa shape index (κ1) is 23.2. The lowest BCUT2D eigenvalue weighted by Crippen LogP contribution is -2.42. The predicted octanol–water partition coefficient (Wildman–Crippen LogP) is 4.23. The van der Waals surface area contributed by atoms with Gasteiger partial charge in [0.25, 0.3) is 0 Å². The van der Waals surface area contributed by atoms with E-state index in [9.17, 15) is 19.2 Å². The third-order valence-corrected chi connectivity index (χ3v) is 7.05.